The van der Waals surface area contributed by atoms with Crippen molar-refractivity contribution in [2.75, 3.05) is 0 Å². The van der Waals surface area contributed by atoms with Gasteiger partial charge in [-0.25, -0.2) is 0 Å². The fraction of sp³-hybridized carbons (Fsp3) is 0. The van der Waals surface area contributed by atoms with E-state index in [1.54, 1.807) is 0 Å². The second kappa shape index (κ2) is 1.59. The molecule has 3 N–H and O–H groups in total. The summed E-state index contributed by atoms with van der Waals surface area (Å²) in [6.45, 7) is 0. The summed E-state index contributed by atoms with van der Waals surface area (Å²) in [6.07, 6.45) is 1.21. The van der Waals surface area contributed by atoms with Gasteiger partial charge in [-0.3, -0.25) is 0 Å². The largest absolute Gasteiger partial charge is 0.503 e. The second-order valence-electron chi connectivity index (χ2n) is 1.34. The average molecular weight is 134 g/mol. The number of aromatic amines is 1. The molecular weight excluding hydrogens is 130 g/mol. The Kier molecular flexibility index (Phi) is 1.06. The van der Waals surface area contributed by atoms with Crippen LogP contribution in [0.2, 0.25) is 5.15 Å². The van der Waals surface area contributed by atoms with Gasteiger partial charge in [-0.2, -0.15) is 0 Å². The predicted molar refractivity (Wildman–Crippen MR) is 29.1 cm³/mol. The summed E-state index contributed by atoms with van der Waals surface area (Å²) < 4.78 is 0. The summed E-state index contributed by atoms with van der Waals surface area (Å²) in [7, 11) is 0. The molecule has 0 saturated heterocycles. The van der Waals surface area contributed by atoms with Crippen LogP contribution in [0.15, 0.2) is 6.20 Å². The van der Waals surface area contributed by atoms with Crippen LogP contribution in [0, 0.1) is 0 Å². The van der Waals surface area contributed by atoms with Crippen LogP contribution in [-0.4, -0.2) is 15.2 Å². The smallest absolute Gasteiger partial charge is 0.195 e. The second-order valence-corrected chi connectivity index (χ2v) is 1.71. The van der Waals surface area contributed by atoms with Crippen molar-refractivity contribution in [1.82, 2.24) is 4.98 Å². The fourth-order valence-electron chi connectivity index (χ4n) is 0.381. The van der Waals surface area contributed by atoms with Crippen molar-refractivity contribution >= 4 is 11.6 Å². The molecular formula is C4H4ClNO2. The Bertz CT molecular complexity index is 176. The zero-order chi connectivity index (χ0) is 6.15. The van der Waals surface area contributed by atoms with E-state index in [4.69, 9.17) is 21.8 Å². The lowest BCUT2D eigenvalue weighted by atomic mass is 10.5. The zero-order valence-corrected chi connectivity index (χ0v) is 4.61. The van der Waals surface area contributed by atoms with Crippen molar-refractivity contribution < 1.29 is 10.2 Å². The van der Waals surface area contributed by atoms with Gasteiger partial charge in [-0.15, -0.1) is 0 Å². The van der Waals surface area contributed by atoms with E-state index in [1.165, 1.54) is 6.20 Å². The molecule has 1 heterocycles. The van der Waals surface area contributed by atoms with Crippen LogP contribution in [0.25, 0.3) is 0 Å². The number of H-pyrrole nitrogens is 1. The molecule has 44 valence electrons. The Hall–Kier alpha value is -0.830. The SMILES string of the molecule is Oc1c[nH]c(Cl)c1O. The minimum atomic E-state index is -0.299. The monoisotopic (exact) mass is 133 g/mol. The highest BCUT2D eigenvalue weighted by Crippen LogP contribution is 2.31. The third-order valence-corrected chi connectivity index (χ3v) is 1.07. The summed E-state index contributed by atoms with van der Waals surface area (Å²) in [5.74, 6) is -0.526. The molecule has 8 heavy (non-hydrogen) atoms. The average Bonchev–Trinajstić information content (AvgIpc) is 1.98. The van der Waals surface area contributed by atoms with Crippen LogP contribution in [0.4, 0.5) is 0 Å². The molecule has 0 amide bonds. The standard InChI is InChI=1S/C4H4ClNO2/c5-4-3(8)2(7)1-6-4/h1,6-8H. The van der Waals surface area contributed by atoms with Crippen molar-refractivity contribution in [3.63, 3.8) is 0 Å². The maximum absolute atomic E-state index is 8.63. The van der Waals surface area contributed by atoms with Gasteiger partial charge in [0, 0.05) is 6.20 Å². The lowest BCUT2D eigenvalue weighted by Crippen LogP contribution is -1.56. The van der Waals surface area contributed by atoms with Crippen LogP contribution < -0.4 is 0 Å². The molecule has 0 fully saturated rings. The Labute approximate surface area is 50.5 Å². The van der Waals surface area contributed by atoms with Gasteiger partial charge < -0.3 is 15.2 Å². The fourth-order valence-corrected chi connectivity index (χ4v) is 0.532. The van der Waals surface area contributed by atoms with Gasteiger partial charge in [0.15, 0.2) is 16.7 Å². The van der Waals surface area contributed by atoms with Gasteiger partial charge in [-0.05, 0) is 0 Å². The van der Waals surface area contributed by atoms with Crippen molar-refractivity contribution in [1.29, 1.82) is 0 Å². The molecule has 0 aliphatic carbocycles. The maximum atomic E-state index is 8.63. The Morgan fingerprint density at radius 2 is 2.12 bits per heavy atom. The van der Waals surface area contributed by atoms with E-state index in [2.05, 4.69) is 4.98 Å². The highest BCUT2D eigenvalue weighted by Gasteiger charge is 2.03. The lowest BCUT2D eigenvalue weighted by molar-refractivity contribution is 0.408. The zero-order valence-electron chi connectivity index (χ0n) is 3.85. The first-order chi connectivity index (χ1) is 3.72. The highest BCUT2D eigenvalue weighted by molar-refractivity contribution is 6.31. The number of nitrogens with one attached hydrogen (secondary N) is 1. The van der Waals surface area contributed by atoms with Crippen LogP contribution in [0.3, 0.4) is 0 Å². The summed E-state index contributed by atoms with van der Waals surface area (Å²) >= 11 is 5.26. The van der Waals surface area contributed by atoms with E-state index in [-0.39, 0.29) is 16.7 Å². The molecule has 0 unspecified atom stereocenters. The van der Waals surface area contributed by atoms with Gasteiger partial charge in [-0.1, -0.05) is 11.6 Å². The molecule has 1 rings (SSSR count). The summed E-state index contributed by atoms with van der Waals surface area (Å²) in [4.78, 5) is 2.40. The molecule has 0 aliphatic heterocycles. The molecule has 0 aromatic carbocycles. The molecule has 1 aromatic rings. The molecule has 0 saturated carbocycles. The maximum Gasteiger partial charge on any atom is 0.195 e. The Balaban J connectivity index is 3.19. The lowest BCUT2D eigenvalue weighted by Gasteiger charge is -1.82. The number of hydrogen-bond acceptors (Lipinski definition) is 2. The minimum Gasteiger partial charge on any atom is -0.503 e. The minimum absolute atomic E-state index is 0.0579. The van der Waals surface area contributed by atoms with Gasteiger partial charge in [0.1, 0.15) is 0 Å². The van der Waals surface area contributed by atoms with Crippen LogP contribution in [-0.2, 0) is 0 Å². The van der Waals surface area contributed by atoms with Crippen LogP contribution >= 0.6 is 11.6 Å². The van der Waals surface area contributed by atoms with Crippen molar-refractivity contribution in [2.45, 2.75) is 0 Å². The molecule has 0 bridgehead atoms. The predicted octanol–water partition coefficient (Wildman–Crippen LogP) is 1.08. The first kappa shape index (κ1) is 5.31. The number of aromatic hydroxyl groups is 2. The Morgan fingerprint density at radius 3 is 2.25 bits per heavy atom. The van der Waals surface area contributed by atoms with Crippen molar-refractivity contribution in [2.24, 2.45) is 0 Å². The number of hydrogen-bond donors (Lipinski definition) is 3. The first-order valence-corrected chi connectivity index (χ1v) is 2.34. The summed E-state index contributed by atoms with van der Waals surface area (Å²) in [6, 6.07) is 0. The molecule has 0 radical (unpaired) electrons. The van der Waals surface area contributed by atoms with E-state index >= 15 is 0 Å². The normalized spacial score (nSPS) is 9.62. The van der Waals surface area contributed by atoms with E-state index in [9.17, 15) is 0 Å². The van der Waals surface area contributed by atoms with Gasteiger partial charge in [0.05, 0.1) is 0 Å². The summed E-state index contributed by atoms with van der Waals surface area (Å²) in [5.41, 5.74) is 0. The third-order valence-electron chi connectivity index (χ3n) is 0.786. The Morgan fingerprint density at radius 1 is 1.50 bits per heavy atom. The molecule has 0 atom stereocenters. The third kappa shape index (κ3) is 0.607. The van der Waals surface area contributed by atoms with Crippen LogP contribution in [0.1, 0.15) is 0 Å². The molecule has 0 aliphatic rings. The first-order valence-electron chi connectivity index (χ1n) is 1.96. The number of halogens is 1. The van der Waals surface area contributed by atoms with E-state index in [1.807, 2.05) is 0 Å². The molecule has 4 heteroatoms. The summed E-state index contributed by atoms with van der Waals surface area (Å²) in [5, 5.41) is 17.3. The topological polar surface area (TPSA) is 56.2 Å². The van der Waals surface area contributed by atoms with Crippen molar-refractivity contribution in [3.8, 4) is 11.5 Å². The van der Waals surface area contributed by atoms with Crippen molar-refractivity contribution in [3.05, 3.63) is 11.3 Å². The van der Waals surface area contributed by atoms with Gasteiger partial charge in [0.25, 0.3) is 0 Å². The van der Waals surface area contributed by atoms with Gasteiger partial charge >= 0.3 is 0 Å². The van der Waals surface area contributed by atoms with E-state index in [0.717, 1.165) is 0 Å². The molecule has 3 nitrogen and oxygen atoms in total. The van der Waals surface area contributed by atoms with Crippen LogP contribution in [0.5, 0.6) is 11.5 Å². The van der Waals surface area contributed by atoms with Gasteiger partial charge in [0.2, 0.25) is 0 Å². The van der Waals surface area contributed by atoms with E-state index in [0.29, 0.717) is 0 Å². The molecule has 1 aromatic heterocycles. The number of aromatic nitrogens is 1. The number of rotatable bonds is 0. The van der Waals surface area contributed by atoms with E-state index < -0.39 is 0 Å². The molecule has 0 spiro atoms. The quantitative estimate of drug-likeness (QED) is 0.496. The highest BCUT2D eigenvalue weighted by atomic mass is 35.5.